The molecule has 1 aromatic heterocycles. The number of aromatic nitrogens is 1. The topological polar surface area (TPSA) is 143 Å². The molecular weight excluding hydrogens is 324 g/mol. The van der Waals surface area contributed by atoms with Gasteiger partial charge in [-0.3, -0.25) is 14.4 Å². The number of thiazole rings is 1. The van der Waals surface area contributed by atoms with Gasteiger partial charge >= 0.3 is 16.8 Å². The molecule has 1 aromatic rings. The lowest BCUT2D eigenvalue weighted by molar-refractivity contribution is -0.142. The first-order valence-electron chi connectivity index (χ1n) is 5.69. The number of aryl methyl sites for hydroxylation is 1. The minimum absolute atomic E-state index is 0.120. The van der Waals surface area contributed by atoms with Crippen molar-refractivity contribution in [1.82, 2.24) is 9.71 Å². The average molecular weight is 338 g/mol. The van der Waals surface area contributed by atoms with Crippen LogP contribution in [0.25, 0.3) is 0 Å². The molecular formula is C10H14N2O7S2. The Morgan fingerprint density at radius 2 is 2.10 bits per heavy atom. The van der Waals surface area contributed by atoms with Gasteiger partial charge in [-0.2, -0.15) is 4.72 Å². The van der Waals surface area contributed by atoms with Crippen LogP contribution in [0, 0.1) is 6.92 Å². The first kappa shape index (κ1) is 17.3. The van der Waals surface area contributed by atoms with E-state index in [-0.39, 0.29) is 22.7 Å². The molecule has 1 rings (SSSR count). The third-order valence-corrected chi connectivity index (χ3v) is 5.56. The molecule has 21 heavy (non-hydrogen) atoms. The van der Waals surface area contributed by atoms with Crippen LogP contribution < -0.4 is 9.60 Å². The summed E-state index contributed by atoms with van der Waals surface area (Å²) in [6.07, 6.45) is -0.516. The van der Waals surface area contributed by atoms with Gasteiger partial charge in [-0.1, -0.05) is 11.3 Å². The third-order valence-electron chi connectivity index (χ3n) is 2.49. The Balaban J connectivity index is 2.92. The van der Waals surface area contributed by atoms with E-state index in [1.165, 1.54) is 6.92 Å². The van der Waals surface area contributed by atoms with Crippen molar-refractivity contribution < 1.29 is 27.9 Å². The third kappa shape index (κ3) is 4.65. The smallest absolute Gasteiger partial charge is 0.321 e. The summed E-state index contributed by atoms with van der Waals surface area (Å²) in [5.74, 6) is -2.08. The van der Waals surface area contributed by atoms with Crippen molar-refractivity contribution in [3.8, 4) is 0 Å². The van der Waals surface area contributed by atoms with Crippen LogP contribution in [0.2, 0.25) is 0 Å². The Hall–Kier alpha value is -1.72. The van der Waals surface area contributed by atoms with Gasteiger partial charge in [-0.15, -0.1) is 0 Å². The summed E-state index contributed by atoms with van der Waals surface area (Å²) in [6, 6.07) is -1.49. The molecule has 0 amide bonds. The van der Waals surface area contributed by atoms with Crippen LogP contribution in [-0.4, -0.2) is 43.6 Å². The zero-order valence-electron chi connectivity index (χ0n) is 11.2. The van der Waals surface area contributed by atoms with E-state index in [1.807, 2.05) is 4.72 Å². The van der Waals surface area contributed by atoms with Gasteiger partial charge in [0.05, 0.1) is 7.11 Å². The molecule has 118 valence electrons. The van der Waals surface area contributed by atoms with Crippen molar-refractivity contribution in [3.05, 3.63) is 15.4 Å². The standard InChI is InChI=1S/C10H14N2O7S2/c1-5-9(20-10(16)11-5)21(17,18)12-6(8(14)15)3-4-7(13)19-2/h6,12H,3-4H2,1-2H3,(H,11,16)(H,14,15)/t6-/m1/s1. The summed E-state index contributed by atoms with van der Waals surface area (Å²) in [7, 11) is -3.02. The van der Waals surface area contributed by atoms with Crippen LogP contribution in [0.3, 0.4) is 0 Å². The predicted molar refractivity (Wildman–Crippen MR) is 72.7 cm³/mol. The minimum Gasteiger partial charge on any atom is -0.480 e. The Kier molecular flexibility index (Phi) is 5.63. The van der Waals surface area contributed by atoms with Crippen LogP contribution in [0.4, 0.5) is 0 Å². The molecule has 11 heteroatoms. The molecule has 0 saturated heterocycles. The van der Waals surface area contributed by atoms with Crippen LogP contribution in [0.15, 0.2) is 9.00 Å². The molecule has 0 unspecified atom stereocenters. The van der Waals surface area contributed by atoms with Crippen LogP contribution >= 0.6 is 11.3 Å². The van der Waals surface area contributed by atoms with Crippen molar-refractivity contribution in [2.75, 3.05) is 7.11 Å². The van der Waals surface area contributed by atoms with Crippen molar-refractivity contribution in [2.24, 2.45) is 0 Å². The number of rotatable bonds is 7. The second kappa shape index (κ2) is 6.83. The quantitative estimate of drug-likeness (QED) is 0.565. The molecule has 9 nitrogen and oxygen atoms in total. The fourth-order valence-corrected chi connectivity index (χ4v) is 4.03. The molecule has 0 spiro atoms. The molecule has 0 saturated carbocycles. The van der Waals surface area contributed by atoms with E-state index in [0.717, 1.165) is 7.11 Å². The maximum Gasteiger partial charge on any atom is 0.321 e. The Morgan fingerprint density at radius 1 is 1.48 bits per heavy atom. The van der Waals surface area contributed by atoms with Gasteiger partial charge in [-0.25, -0.2) is 8.42 Å². The first-order valence-corrected chi connectivity index (χ1v) is 7.99. The number of carboxylic acid groups (broad SMARTS) is 1. The van der Waals surface area contributed by atoms with Gasteiger partial charge in [0.25, 0.3) is 10.0 Å². The number of H-pyrrole nitrogens is 1. The molecule has 3 N–H and O–H groups in total. The number of ether oxygens (including phenoxy) is 1. The summed E-state index contributed by atoms with van der Waals surface area (Å²) >= 11 is 0.458. The maximum absolute atomic E-state index is 12.1. The molecule has 1 heterocycles. The number of sulfonamides is 1. The van der Waals surface area contributed by atoms with Crippen LogP contribution in [0.5, 0.6) is 0 Å². The average Bonchev–Trinajstić information content (AvgIpc) is 2.73. The van der Waals surface area contributed by atoms with E-state index in [1.54, 1.807) is 0 Å². The Morgan fingerprint density at radius 3 is 2.52 bits per heavy atom. The van der Waals surface area contributed by atoms with E-state index in [2.05, 4.69) is 9.72 Å². The lowest BCUT2D eigenvalue weighted by Gasteiger charge is -2.13. The lowest BCUT2D eigenvalue weighted by Crippen LogP contribution is -2.41. The zero-order chi connectivity index (χ0) is 16.2. The van der Waals surface area contributed by atoms with Gasteiger partial charge in [0, 0.05) is 12.1 Å². The lowest BCUT2D eigenvalue weighted by atomic mass is 10.2. The van der Waals surface area contributed by atoms with E-state index < -0.39 is 32.9 Å². The van der Waals surface area contributed by atoms with Gasteiger partial charge in [0.1, 0.15) is 6.04 Å². The van der Waals surface area contributed by atoms with Crippen LogP contribution in [-0.2, 0) is 24.3 Å². The summed E-state index contributed by atoms with van der Waals surface area (Å²) in [5.41, 5.74) is 0.120. The second-order valence-corrected chi connectivity index (χ2v) is 6.95. The van der Waals surface area contributed by atoms with E-state index in [0.29, 0.717) is 11.3 Å². The highest BCUT2D eigenvalue weighted by atomic mass is 32.2. The first-order chi connectivity index (χ1) is 9.67. The summed E-state index contributed by atoms with van der Waals surface area (Å²) in [5, 5.41) is 9.00. The fourth-order valence-electron chi connectivity index (χ4n) is 1.48. The van der Waals surface area contributed by atoms with E-state index in [4.69, 9.17) is 5.11 Å². The SMILES string of the molecule is COC(=O)CC[C@@H](NS(=O)(=O)c1sc(=O)[nH]c1C)C(=O)O. The van der Waals surface area contributed by atoms with Gasteiger partial charge < -0.3 is 14.8 Å². The summed E-state index contributed by atoms with van der Waals surface area (Å²) < 4.78 is 30.2. The van der Waals surface area contributed by atoms with Crippen molar-refractivity contribution in [1.29, 1.82) is 0 Å². The molecule has 0 aromatic carbocycles. The number of nitrogens with one attached hydrogen (secondary N) is 2. The van der Waals surface area contributed by atoms with Gasteiger partial charge in [-0.05, 0) is 13.3 Å². The molecule has 0 radical (unpaired) electrons. The van der Waals surface area contributed by atoms with Crippen molar-refractivity contribution in [2.45, 2.75) is 30.0 Å². The summed E-state index contributed by atoms with van der Waals surface area (Å²) in [6.45, 7) is 1.39. The van der Waals surface area contributed by atoms with E-state index in [9.17, 15) is 22.8 Å². The molecule has 1 atom stereocenters. The number of esters is 1. The molecule has 0 aliphatic rings. The predicted octanol–water partition coefficient (Wildman–Crippen LogP) is -0.570. The molecule has 0 aliphatic heterocycles. The molecule has 0 aliphatic carbocycles. The zero-order valence-corrected chi connectivity index (χ0v) is 12.8. The minimum atomic E-state index is -4.16. The largest absolute Gasteiger partial charge is 0.480 e. The summed E-state index contributed by atoms with van der Waals surface area (Å²) in [4.78, 5) is 34.9. The number of carbonyl (C=O) groups is 2. The Bertz CT molecular complexity index is 689. The number of carboxylic acids is 1. The normalized spacial score (nSPS) is 12.9. The number of aliphatic carboxylic acids is 1. The number of carbonyl (C=O) groups excluding carboxylic acids is 1. The fraction of sp³-hybridized carbons (Fsp3) is 0.500. The highest BCUT2D eigenvalue weighted by Gasteiger charge is 2.28. The van der Waals surface area contributed by atoms with Gasteiger partial charge in [0.2, 0.25) is 0 Å². The van der Waals surface area contributed by atoms with Gasteiger partial charge in [0.15, 0.2) is 4.21 Å². The number of methoxy groups -OCH3 is 1. The second-order valence-electron chi connectivity index (χ2n) is 4.05. The van der Waals surface area contributed by atoms with E-state index >= 15 is 0 Å². The number of hydrogen-bond donors (Lipinski definition) is 3. The highest BCUT2D eigenvalue weighted by molar-refractivity contribution is 7.91. The monoisotopic (exact) mass is 338 g/mol. The maximum atomic E-state index is 12.1. The van der Waals surface area contributed by atoms with Crippen LogP contribution in [0.1, 0.15) is 18.5 Å². The number of hydrogen-bond acceptors (Lipinski definition) is 7. The highest BCUT2D eigenvalue weighted by Crippen LogP contribution is 2.16. The van der Waals surface area contributed by atoms with Crippen molar-refractivity contribution >= 4 is 33.3 Å². The molecule has 0 bridgehead atoms. The Labute approximate surface area is 124 Å². The van der Waals surface area contributed by atoms with Crippen molar-refractivity contribution in [3.63, 3.8) is 0 Å². The molecule has 0 fully saturated rings. The number of aromatic amines is 1.